The third kappa shape index (κ3) is 4.04. The molecule has 0 atom stereocenters. The predicted molar refractivity (Wildman–Crippen MR) is 94.0 cm³/mol. The van der Waals surface area contributed by atoms with E-state index in [0.717, 1.165) is 4.57 Å². The quantitative estimate of drug-likeness (QED) is 0.759. The molecule has 0 N–H and O–H groups in total. The molecule has 0 spiro atoms. The number of nitrogens with zero attached hydrogens (tertiary/aromatic N) is 1. The summed E-state index contributed by atoms with van der Waals surface area (Å²) in [6.07, 6.45) is 0.485. The zero-order valence-corrected chi connectivity index (χ0v) is 15.5. The monoisotopic (exact) mass is 363 g/mol. The van der Waals surface area contributed by atoms with Crippen molar-refractivity contribution in [3.05, 3.63) is 41.8 Å². The van der Waals surface area contributed by atoms with Gasteiger partial charge in [-0.2, -0.15) is 0 Å². The number of carbonyl (C=O) groups excluding carboxylic acids is 2. The highest BCUT2D eigenvalue weighted by atomic mass is 19.1. The summed E-state index contributed by atoms with van der Waals surface area (Å²) in [4.78, 5) is 24.8. The summed E-state index contributed by atoms with van der Waals surface area (Å²) in [5.74, 6) is -1.20. The van der Waals surface area contributed by atoms with Gasteiger partial charge in [0.1, 0.15) is 22.7 Å². The first kappa shape index (κ1) is 19.5. The average molecular weight is 363 g/mol. The molecule has 0 aliphatic carbocycles. The summed E-state index contributed by atoms with van der Waals surface area (Å²) in [5.41, 5.74) is -0.555. The lowest BCUT2D eigenvalue weighted by atomic mass is 10.1. The topological polar surface area (TPSA) is 66.8 Å². The van der Waals surface area contributed by atoms with Gasteiger partial charge in [0, 0.05) is 11.8 Å². The zero-order valence-electron chi connectivity index (χ0n) is 15.5. The van der Waals surface area contributed by atoms with Gasteiger partial charge < -0.3 is 14.2 Å². The Hall–Kier alpha value is -2.83. The van der Waals surface area contributed by atoms with Gasteiger partial charge in [-0.05, 0) is 39.8 Å². The molecular formula is C19H22FNO5. The lowest BCUT2D eigenvalue weighted by Crippen LogP contribution is -2.27. The Bertz CT molecular complexity index is 820. The molecule has 6 nitrogen and oxygen atoms in total. The highest BCUT2D eigenvalue weighted by molar-refractivity contribution is 5.98. The Labute approximate surface area is 151 Å². The highest BCUT2D eigenvalue weighted by Gasteiger charge is 2.30. The molecule has 0 aliphatic rings. The van der Waals surface area contributed by atoms with Crippen molar-refractivity contribution in [3.63, 3.8) is 0 Å². The highest BCUT2D eigenvalue weighted by Crippen LogP contribution is 2.37. The van der Waals surface area contributed by atoms with E-state index in [-0.39, 0.29) is 29.2 Å². The number of rotatable bonds is 4. The van der Waals surface area contributed by atoms with Crippen LogP contribution in [-0.2, 0) is 9.47 Å². The Morgan fingerprint density at radius 3 is 2.38 bits per heavy atom. The minimum absolute atomic E-state index is 0.0125. The second-order valence-electron chi connectivity index (χ2n) is 6.48. The number of halogens is 1. The van der Waals surface area contributed by atoms with E-state index in [1.54, 1.807) is 33.8 Å². The van der Waals surface area contributed by atoms with Gasteiger partial charge >= 0.3 is 12.1 Å². The van der Waals surface area contributed by atoms with Gasteiger partial charge in [0.15, 0.2) is 5.75 Å². The minimum atomic E-state index is -0.773. The van der Waals surface area contributed by atoms with Crippen molar-refractivity contribution in [2.45, 2.75) is 33.3 Å². The van der Waals surface area contributed by atoms with Crippen molar-refractivity contribution in [2.24, 2.45) is 0 Å². The lowest BCUT2D eigenvalue weighted by molar-refractivity contribution is 0.0539. The van der Waals surface area contributed by atoms with E-state index in [0.29, 0.717) is 0 Å². The molecule has 0 saturated heterocycles. The molecule has 0 radical (unpaired) electrons. The van der Waals surface area contributed by atoms with E-state index in [1.165, 1.54) is 31.5 Å². The summed E-state index contributed by atoms with van der Waals surface area (Å²) >= 11 is 0. The molecule has 0 unspecified atom stereocenters. The summed E-state index contributed by atoms with van der Waals surface area (Å²) in [6, 6.07) is 5.91. The summed E-state index contributed by atoms with van der Waals surface area (Å²) < 4.78 is 31.2. The molecule has 1 aromatic heterocycles. The van der Waals surface area contributed by atoms with Gasteiger partial charge in [-0.3, -0.25) is 0 Å². The smallest absolute Gasteiger partial charge is 0.419 e. The fourth-order valence-corrected chi connectivity index (χ4v) is 2.40. The van der Waals surface area contributed by atoms with Gasteiger partial charge in [0.05, 0.1) is 13.7 Å². The van der Waals surface area contributed by atoms with E-state index in [4.69, 9.17) is 14.2 Å². The molecule has 0 amide bonds. The Balaban J connectivity index is 2.75. The normalized spacial score (nSPS) is 11.2. The molecule has 0 bridgehead atoms. The number of benzene rings is 1. The molecule has 0 aliphatic heterocycles. The molecule has 26 heavy (non-hydrogen) atoms. The number of hydrogen-bond donors (Lipinski definition) is 0. The summed E-state index contributed by atoms with van der Waals surface area (Å²) in [5, 5.41) is 0. The second-order valence-corrected chi connectivity index (χ2v) is 6.48. The Morgan fingerprint density at radius 2 is 1.85 bits per heavy atom. The van der Waals surface area contributed by atoms with Crippen molar-refractivity contribution in [1.82, 2.24) is 4.57 Å². The van der Waals surface area contributed by atoms with Crippen LogP contribution in [0.25, 0.3) is 11.3 Å². The van der Waals surface area contributed by atoms with E-state index >= 15 is 0 Å². The van der Waals surface area contributed by atoms with E-state index in [9.17, 15) is 14.0 Å². The second kappa shape index (κ2) is 7.59. The van der Waals surface area contributed by atoms with Gasteiger partial charge in [-0.1, -0.05) is 12.1 Å². The van der Waals surface area contributed by atoms with E-state index in [2.05, 4.69) is 0 Å². The molecule has 0 fully saturated rings. The molecule has 0 saturated carbocycles. The first-order valence-corrected chi connectivity index (χ1v) is 8.14. The molecule has 7 heteroatoms. The molecule has 1 heterocycles. The van der Waals surface area contributed by atoms with Gasteiger partial charge in [0.2, 0.25) is 0 Å². The molecule has 140 valence electrons. The van der Waals surface area contributed by atoms with Crippen LogP contribution < -0.4 is 4.74 Å². The first-order chi connectivity index (χ1) is 12.2. The number of carbonyl (C=O) groups is 2. The van der Waals surface area contributed by atoms with Gasteiger partial charge in [-0.15, -0.1) is 0 Å². The van der Waals surface area contributed by atoms with Gasteiger partial charge in [-0.25, -0.2) is 18.5 Å². The van der Waals surface area contributed by atoms with E-state index in [1.807, 2.05) is 0 Å². The maximum atomic E-state index is 14.4. The molecule has 2 rings (SSSR count). The number of aromatic nitrogens is 1. The van der Waals surface area contributed by atoms with Crippen LogP contribution in [0.1, 0.15) is 38.1 Å². The third-order valence-corrected chi connectivity index (χ3v) is 3.37. The fraction of sp³-hybridized carbons (Fsp3) is 0.368. The van der Waals surface area contributed by atoms with Crippen LogP contribution in [0.15, 0.2) is 30.5 Å². The summed E-state index contributed by atoms with van der Waals surface area (Å²) in [7, 11) is 1.21. The van der Waals surface area contributed by atoms with Gasteiger partial charge in [0.25, 0.3) is 0 Å². The van der Waals surface area contributed by atoms with Crippen LogP contribution in [-0.4, -0.2) is 35.9 Å². The summed E-state index contributed by atoms with van der Waals surface area (Å²) in [6.45, 7) is 7.06. The van der Waals surface area contributed by atoms with Crippen molar-refractivity contribution < 1.29 is 28.2 Å². The van der Waals surface area contributed by atoms with Crippen molar-refractivity contribution in [3.8, 4) is 17.0 Å². The van der Waals surface area contributed by atoms with Crippen LogP contribution in [0.4, 0.5) is 9.18 Å². The maximum absolute atomic E-state index is 14.4. The minimum Gasteiger partial charge on any atom is -0.491 e. The number of hydrogen-bond acceptors (Lipinski definition) is 5. The first-order valence-electron chi connectivity index (χ1n) is 8.14. The predicted octanol–water partition coefficient (Wildman–Crippen LogP) is 4.26. The van der Waals surface area contributed by atoms with Crippen LogP contribution in [0.3, 0.4) is 0 Å². The zero-order chi connectivity index (χ0) is 19.5. The number of esters is 1. The third-order valence-electron chi connectivity index (χ3n) is 3.37. The number of methoxy groups -OCH3 is 1. The van der Waals surface area contributed by atoms with Crippen LogP contribution in [0.2, 0.25) is 0 Å². The largest absolute Gasteiger partial charge is 0.491 e. The molecular weight excluding hydrogens is 341 g/mol. The SMILES string of the molecule is CCOc1c(C(=O)OC)cn(C(=O)OC(C)(C)C)c1-c1ccccc1F. The maximum Gasteiger partial charge on any atom is 0.419 e. The standard InChI is InChI=1S/C19H22FNO5/c1-6-25-16-13(17(22)24-5)11-21(18(23)26-19(2,3)4)15(16)12-9-7-8-10-14(12)20/h7-11H,6H2,1-5H3. The van der Waals surface area contributed by atoms with Crippen LogP contribution in [0.5, 0.6) is 5.75 Å². The van der Waals surface area contributed by atoms with Crippen molar-refractivity contribution in [1.29, 1.82) is 0 Å². The fourth-order valence-electron chi connectivity index (χ4n) is 2.40. The average Bonchev–Trinajstić information content (AvgIpc) is 2.93. The number of ether oxygens (including phenoxy) is 3. The van der Waals surface area contributed by atoms with Crippen LogP contribution in [0, 0.1) is 5.82 Å². The van der Waals surface area contributed by atoms with Crippen molar-refractivity contribution in [2.75, 3.05) is 13.7 Å². The Morgan fingerprint density at radius 1 is 1.19 bits per heavy atom. The lowest BCUT2D eigenvalue weighted by Gasteiger charge is -2.20. The van der Waals surface area contributed by atoms with E-state index < -0.39 is 23.5 Å². The Kier molecular flexibility index (Phi) is 5.69. The van der Waals surface area contributed by atoms with Crippen molar-refractivity contribution >= 4 is 12.1 Å². The molecule has 2 aromatic rings. The molecule has 1 aromatic carbocycles. The van der Waals surface area contributed by atoms with Crippen LogP contribution >= 0.6 is 0 Å².